The summed E-state index contributed by atoms with van der Waals surface area (Å²) in [5.41, 5.74) is 2.78. The summed E-state index contributed by atoms with van der Waals surface area (Å²) in [6, 6.07) is 12.5. The molecule has 0 N–H and O–H groups in total. The Morgan fingerprint density at radius 1 is 1.09 bits per heavy atom. The molecule has 0 bridgehead atoms. The third-order valence-electron chi connectivity index (χ3n) is 3.54. The van der Waals surface area contributed by atoms with Crippen LogP contribution < -0.4 is 8.61 Å². The summed E-state index contributed by atoms with van der Waals surface area (Å²) in [4.78, 5) is 0. The summed E-state index contributed by atoms with van der Waals surface area (Å²) in [6.45, 7) is 2.23. The van der Waals surface area contributed by atoms with Crippen LogP contribution in [0.1, 0.15) is 5.56 Å². The molecular formula is C15H14BrClN2O2S. The first-order valence-electron chi connectivity index (χ1n) is 6.71. The largest absolute Gasteiger partial charge is 0.331 e. The number of fused-ring (bicyclic) bond motifs is 1. The van der Waals surface area contributed by atoms with Gasteiger partial charge in [0.25, 0.3) is 0 Å². The smallest absolute Gasteiger partial charge is 0.250 e. The van der Waals surface area contributed by atoms with Crippen molar-refractivity contribution in [2.45, 2.75) is 6.92 Å². The maximum Gasteiger partial charge on any atom is 0.331 e. The third-order valence-corrected chi connectivity index (χ3v) is 5.92. The first-order chi connectivity index (χ1) is 10.5. The van der Waals surface area contributed by atoms with Crippen molar-refractivity contribution in [2.75, 3.05) is 20.5 Å². The lowest BCUT2D eigenvalue weighted by atomic mass is 10.2. The fourth-order valence-electron chi connectivity index (χ4n) is 2.61. The highest BCUT2D eigenvalue weighted by atomic mass is 79.9. The Labute approximate surface area is 143 Å². The number of benzene rings is 2. The van der Waals surface area contributed by atoms with E-state index in [1.165, 1.54) is 8.61 Å². The summed E-state index contributed by atoms with van der Waals surface area (Å²) >= 11 is 9.31. The highest BCUT2D eigenvalue weighted by molar-refractivity contribution is 9.09. The number of para-hydroxylation sites is 2. The molecule has 1 heterocycles. The molecule has 0 aliphatic carbocycles. The Morgan fingerprint density at radius 3 is 2.41 bits per heavy atom. The van der Waals surface area contributed by atoms with Gasteiger partial charge in [0.1, 0.15) is 0 Å². The van der Waals surface area contributed by atoms with E-state index < -0.39 is 10.2 Å². The van der Waals surface area contributed by atoms with Gasteiger partial charge in [0.15, 0.2) is 0 Å². The van der Waals surface area contributed by atoms with Gasteiger partial charge in [-0.3, -0.25) is 4.31 Å². The van der Waals surface area contributed by atoms with E-state index in [-0.39, 0.29) is 0 Å². The Kier molecular flexibility index (Phi) is 4.09. The number of rotatable bonds is 3. The Balaban J connectivity index is 2.23. The van der Waals surface area contributed by atoms with E-state index in [1.54, 1.807) is 18.2 Å². The van der Waals surface area contributed by atoms with Crippen LogP contribution in [0.15, 0.2) is 42.5 Å². The molecule has 0 atom stereocenters. The van der Waals surface area contributed by atoms with Crippen molar-refractivity contribution in [2.24, 2.45) is 0 Å². The molecule has 4 nitrogen and oxygen atoms in total. The molecule has 0 saturated carbocycles. The molecule has 7 heteroatoms. The molecule has 0 spiro atoms. The second-order valence-corrected chi connectivity index (χ2v) is 7.88. The van der Waals surface area contributed by atoms with Gasteiger partial charge in [0, 0.05) is 16.9 Å². The van der Waals surface area contributed by atoms with E-state index >= 15 is 0 Å². The van der Waals surface area contributed by atoms with Crippen molar-refractivity contribution in [1.82, 2.24) is 0 Å². The average molecular weight is 402 g/mol. The van der Waals surface area contributed by atoms with Crippen LogP contribution in [-0.2, 0) is 10.2 Å². The Morgan fingerprint density at radius 2 is 1.77 bits per heavy atom. The van der Waals surface area contributed by atoms with Crippen molar-refractivity contribution >= 4 is 54.8 Å². The maximum absolute atomic E-state index is 13.0. The lowest BCUT2D eigenvalue weighted by Crippen LogP contribution is -2.36. The average Bonchev–Trinajstić information content (AvgIpc) is 2.68. The summed E-state index contributed by atoms with van der Waals surface area (Å²) in [7, 11) is -3.64. The Hall–Kier alpha value is -1.24. The highest BCUT2D eigenvalue weighted by Gasteiger charge is 2.41. The van der Waals surface area contributed by atoms with E-state index in [9.17, 15) is 8.42 Å². The fraction of sp³-hybridized carbons (Fsp3) is 0.200. The minimum absolute atomic E-state index is 0.377. The van der Waals surface area contributed by atoms with Crippen molar-refractivity contribution in [1.29, 1.82) is 0 Å². The normalized spacial score (nSPS) is 16.0. The molecule has 2 aromatic rings. The molecule has 2 aromatic carbocycles. The summed E-state index contributed by atoms with van der Waals surface area (Å²) in [5, 5.41) is 1.15. The van der Waals surface area contributed by atoms with Gasteiger partial charge in [-0.1, -0.05) is 39.7 Å². The van der Waals surface area contributed by atoms with Crippen LogP contribution in [0, 0.1) is 6.92 Å². The molecule has 0 saturated heterocycles. The predicted molar refractivity (Wildman–Crippen MR) is 94.8 cm³/mol. The van der Waals surface area contributed by atoms with Crippen LogP contribution in [0.4, 0.5) is 17.1 Å². The van der Waals surface area contributed by atoms with Crippen LogP contribution in [-0.4, -0.2) is 20.3 Å². The summed E-state index contributed by atoms with van der Waals surface area (Å²) in [6.07, 6.45) is 0. The van der Waals surface area contributed by atoms with Gasteiger partial charge in [-0.15, -0.1) is 0 Å². The molecule has 3 rings (SSSR count). The van der Waals surface area contributed by atoms with E-state index in [0.29, 0.717) is 34.0 Å². The highest BCUT2D eigenvalue weighted by Crippen LogP contribution is 2.46. The van der Waals surface area contributed by atoms with Crippen molar-refractivity contribution < 1.29 is 8.42 Å². The molecular weight excluding hydrogens is 388 g/mol. The number of hydrogen-bond donors (Lipinski definition) is 0. The third kappa shape index (κ3) is 2.39. The minimum atomic E-state index is -3.64. The minimum Gasteiger partial charge on any atom is -0.250 e. The SMILES string of the molecule is Cc1cc(Cl)ccc1N1c2ccccc2N(CCBr)S1(=O)=O. The second kappa shape index (κ2) is 5.76. The van der Waals surface area contributed by atoms with Gasteiger partial charge in [0.2, 0.25) is 0 Å². The number of hydrogen-bond acceptors (Lipinski definition) is 2. The zero-order valence-electron chi connectivity index (χ0n) is 11.8. The number of alkyl halides is 1. The summed E-state index contributed by atoms with van der Waals surface area (Å²) < 4.78 is 28.8. The van der Waals surface area contributed by atoms with Gasteiger partial charge in [-0.05, 0) is 42.8 Å². The molecule has 0 radical (unpaired) electrons. The van der Waals surface area contributed by atoms with Crippen LogP contribution in [0.3, 0.4) is 0 Å². The first kappa shape index (κ1) is 15.6. The van der Waals surface area contributed by atoms with Gasteiger partial charge in [0.05, 0.1) is 17.1 Å². The molecule has 1 aliphatic rings. The topological polar surface area (TPSA) is 40.6 Å². The fourth-order valence-corrected chi connectivity index (χ4v) is 5.20. The summed E-state index contributed by atoms with van der Waals surface area (Å²) in [5.74, 6) is 0. The number of halogens is 2. The van der Waals surface area contributed by atoms with E-state index in [2.05, 4.69) is 15.9 Å². The van der Waals surface area contributed by atoms with Gasteiger partial charge in [-0.2, -0.15) is 8.42 Å². The maximum atomic E-state index is 13.0. The predicted octanol–water partition coefficient (Wildman–Crippen LogP) is 4.25. The van der Waals surface area contributed by atoms with Crippen LogP contribution in [0.25, 0.3) is 0 Å². The molecule has 116 valence electrons. The zero-order valence-corrected chi connectivity index (χ0v) is 15.0. The molecule has 1 aliphatic heterocycles. The van der Waals surface area contributed by atoms with Crippen LogP contribution >= 0.6 is 27.5 Å². The van der Waals surface area contributed by atoms with Crippen molar-refractivity contribution in [3.8, 4) is 0 Å². The van der Waals surface area contributed by atoms with Crippen molar-refractivity contribution in [3.63, 3.8) is 0 Å². The standard InChI is InChI=1S/C15H14BrClN2O2S/c1-11-10-12(17)6-7-13(11)19-15-5-3-2-4-14(15)18(9-8-16)22(19,20)21/h2-7,10H,8-9H2,1H3. The lowest BCUT2D eigenvalue weighted by Gasteiger charge is -2.22. The number of anilines is 3. The van der Waals surface area contributed by atoms with E-state index in [1.807, 2.05) is 31.2 Å². The van der Waals surface area contributed by atoms with Crippen LogP contribution in [0.2, 0.25) is 5.02 Å². The van der Waals surface area contributed by atoms with Crippen molar-refractivity contribution in [3.05, 3.63) is 53.1 Å². The molecule has 0 fully saturated rings. The number of aryl methyl sites for hydroxylation is 1. The molecule has 22 heavy (non-hydrogen) atoms. The molecule has 0 unspecified atom stereocenters. The molecule has 0 amide bonds. The lowest BCUT2D eigenvalue weighted by molar-refractivity contribution is 0.595. The quantitative estimate of drug-likeness (QED) is 0.722. The van der Waals surface area contributed by atoms with E-state index in [4.69, 9.17) is 11.6 Å². The first-order valence-corrected chi connectivity index (χ1v) is 9.60. The monoisotopic (exact) mass is 400 g/mol. The molecule has 0 aromatic heterocycles. The van der Waals surface area contributed by atoms with Gasteiger partial charge in [-0.25, -0.2) is 4.31 Å². The van der Waals surface area contributed by atoms with Gasteiger partial charge < -0.3 is 0 Å². The van der Waals surface area contributed by atoms with Crippen LogP contribution in [0.5, 0.6) is 0 Å². The van der Waals surface area contributed by atoms with E-state index in [0.717, 1.165) is 5.56 Å². The van der Waals surface area contributed by atoms with Gasteiger partial charge >= 0.3 is 10.2 Å². The Bertz CT molecular complexity index is 826. The number of nitrogens with zero attached hydrogens (tertiary/aromatic N) is 2. The second-order valence-electron chi connectivity index (χ2n) is 4.95. The zero-order chi connectivity index (χ0) is 15.9.